The average Bonchev–Trinajstić information content (AvgIpc) is 3.28. The van der Waals surface area contributed by atoms with E-state index in [1.54, 1.807) is 38.4 Å². The Bertz CT molecular complexity index is 1300. The smallest absolute Gasteiger partial charge is 0.252 e. The number of aromatic nitrogens is 5. The Morgan fingerprint density at radius 3 is 2.62 bits per heavy atom. The minimum Gasteiger partial charge on any atom is -0.394 e. The van der Waals surface area contributed by atoms with Gasteiger partial charge in [-0.2, -0.15) is 10.1 Å². The second kappa shape index (κ2) is 10.3. The fourth-order valence-corrected chi connectivity index (χ4v) is 3.57. The molecule has 0 radical (unpaired) electrons. The molecule has 5 N–H and O–H groups in total. The van der Waals surface area contributed by atoms with Crippen LogP contribution in [-0.4, -0.2) is 49.8 Å². The minimum absolute atomic E-state index is 0.153. The van der Waals surface area contributed by atoms with Gasteiger partial charge < -0.3 is 21.1 Å². The summed E-state index contributed by atoms with van der Waals surface area (Å²) in [5.74, 6) is 1.52. The summed E-state index contributed by atoms with van der Waals surface area (Å²) >= 11 is 6.26. The third-order valence-corrected chi connectivity index (χ3v) is 5.33. The monoisotopic (exact) mass is 478 g/mol. The first-order chi connectivity index (χ1) is 16.5. The fraction of sp³-hybridized carbons (Fsp3) is 0.174. The van der Waals surface area contributed by atoms with Crippen molar-refractivity contribution >= 4 is 35.0 Å². The van der Waals surface area contributed by atoms with E-state index in [1.807, 2.05) is 30.3 Å². The number of anilines is 3. The molecule has 0 fully saturated rings. The molecule has 1 amide bonds. The van der Waals surface area contributed by atoms with Gasteiger partial charge in [0.15, 0.2) is 5.82 Å². The zero-order chi connectivity index (χ0) is 24.1. The van der Waals surface area contributed by atoms with Crippen LogP contribution in [0.15, 0.2) is 54.7 Å². The molecule has 174 valence electrons. The second-order valence-corrected chi connectivity index (χ2v) is 7.80. The molecule has 4 aromatic rings. The van der Waals surface area contributed by atoms with Crippen molar-refractivity contribution in [3.05, 3.63) is 76.7 Å². The molecule has 10 nitrogen and oxygen atoms in total. The van der Waals surface area contributed by atoms with Gasteiger partial charge >= 0.3 is 0 Å². The molecule has 0 aliphatic heterocycles. The van der Waals surface area contributed by atoms with Crippen molar-refractivity contribution in [1.29, 1.82) is 0 Å². The zero-order valence-corrected chi connectivity index (χ0v) is 19.3. The topological polar surface area (TPSA) is 141 Å². The molecule has 0 aliphatic rings. The summed E-state index contributed by atoms with van der Waals surface area (Å²) in [6, 6.07) is 14.1. The molecule has 2 heterocycles. The van der Waals surface area contributed by atoms with Crippen molar-refractivity contribution in [2.45, 2.75) is 13.0 Å². The maximum Gasteiger partial charge on any atom is 0.252 e. The number of carbonyl (C=O) groups is 1. The van der Waals surface area contributed by atoms with Crippen molar-refractivity contribution in [1.82, 2.24) is 30.5 Å². The molecule has 0 bridgehead atoms. The number of aliphatic hydroxyl groups excluding tert-OH is 1. The Morgan fingerprint density at radius 1 is 1.18 bits per heavy atom. The Balaban J connectivity index is 1.67. The van der Waals surface area contributed by atoms with Gasteiger partial charge in [0.05, 0.1) is 28.8 Å². The van der Waals surface area contributed by atoms with E-state index in [-0.39, 0.29) is 18.5 Å². The highest BCUT2D eigenvalue weighted by Gasteiger charge is 2.18. The van der Waals surface area contributed by atoms with E-state index in [2.05, 4.69) is 41.1 Å². The average molecular weight is 479 g/mol. The number of hydrogen-bond donors (Lipinski definition) is 5. The van der Waals surface area contributed by atoms with Crippen molar-refractivity contribution in [3.8, 4) is 11.4 Å². The van der Waals surface area contributed by atoms with Crippen LogP contribution in [0.4, 0.5) is 17.5 Å². The van der Waals surface area contributed by atoms with Crippen LogP contribution < -0.4 is 16.0 Å². The number of nitrogens with zero attached hydrogens (tertiary/aromatic N) is 4. The van der Waals surface area contributed by atoms with Gasteiger partial charge in [-0.1, -0.05) is 41.9 Å². The maximum atomic E-state index is 11.9. The number of amides is 1. The van der Waals surface area contributed by atoms with Gasteiger partial charge in [-0.15, -0.1) is 0 Å². The summed E-state index contributed by atoms with van der Waals surface area (Å²) in [6.07, 6.45) is 1.60. The molecule has 0 aliphatic carbocycles. The summed E-state index contributed by atoms with van der Waals surface area (Å²) in [7, 11) is 1.54. The van der Waals surface area contributed by atoms with E-state index in [0.717, 1.165) is 5.56 Å². The van der Waals surface area contributed by atoms with Crippen LogP contribution in [-0.2, 0) is 0 Å². The lowest BCUT2D eigenvalue weighted by Crippen LogP contribution is -2.18. The number of halogens is 1. The van der Waals surface area contributed by atoms with Gasteiger partial charge in [-0.25, -0.2) is 9.97 Å². The number of rotatable bonds is 8. The van der Waals surface area contributed by atoms with E-state index in [9.17, 15) is 9.90 Å². The van der Waals surface area contributed by atoms with Crippen LogP contribution in [0.5, 0.6) is 0 Å². The van der Waals surface area contributed by atoms with E-state index in [1.165, 1.54) is 0 Å². The van der Waals surface area contributed by atoms with Crippen molar-refractivity contribution in [2.75, 3.05) is 24.3 Å². The van der Waals surface area contributed by atoms with Crippen LogP contribution >= 0.6 is 11.6 Å². The zero-order valence-electron chi connectivity index (χ0n) is 18.5. The highest BCUT2D eigenvalue weighted by molar-refractivity contribution is 6.34. The van der Waals surface area contributed by atoms with Gasteiger partial charge in [0, 0.05) is 18.9 Å². The Hall–Kier alpha value is -4.02. The molecule has 11 heteroatoms. The van der Waals surface area contributed by atoms with Crippen molar-refractivity contribution in [2.24, 2.45) is 0 Å². The van der Waals surface area contributed by atoms with Gasteiger partial charge in [0.2, 0.25) is 5.95 Å². The minimum atomic E-state index is -0.413. The number of aryl methyl sites for hydroxylation is 1. The molecule has 1 atom stereocenters. The van der Waals surface area contributed by atoms with Crippen molar-refractivity contribution in [3.63, 3.8) is 0 Å². The molecule has 4 rings (SSSR count). The molecule has 0 unspecified atom stereocenters. The molecule has 0 spiro atoms. The predicted molar refractivity (Wildman–Crippen MR) is 130 cm³/mol. The third-order valence-electron chi connectivity index (χ3n) is 5.02. The summed E-state index contributed by atoms with van der Waals surface area (Å²) in [4.78, 5) is 25.3. The number of benzene rings is 2. The summed E-state index contributed by atoms with van der Waals surface area (Å²) in [5.41, 5.74) is 2.43. The molecule has 0 saturated heterocycles. The lowest BCUT2D eigenvalue weighted by molar-refractivity contribution is 0.0963. The van der Waals surface area contributed by atoms with E-state index < -0.39 is 6.04 Å². The summed E-state index contributed by atoms with van der Waals surface area (Å²) in [5, 5.41) is 26.3. The Labute approximate surface area is 200 Å². The molecule has 0 saturated carbocycles. The Kier molecular flexibility index (Phi) is 7.00. The van der Waals surface area contributed by atoms with E-state index >= 15 is 0 Å². The van der Waals surface area contributed by atoms with E-state index in [0.29, 0.717) is 39.3 Å². The third kappa shape index (κ3) is 5.13. The van der Waals surface area contributed by atoms with Gasteiger partial charge in [0.1, 0.15) is 11.6 Å². The number of aliphatic hydroxyl groups is 1. The van der Waals surface area contributed by atoms with E-state index in [4.69, 9.17) is 11.6 Å². The number of nitrogens with one attached hydrogen (secondary N) is 4. The quantitative estimate of drug-likeness (QED) is 0.259. The highest BCUT2D eigenvalue weighted by Crippen LogP contribution is 2.29. The molecular formula is C23H23ClN8O2. The first-order valence-electron chi connectivity index (χ1n) is 10.5. The first-order valence-corrected chi connectivity index (χ1v) is 10.8. The summed E-state index contributed by atoms with van der Waals surface area (Å²) < 4.78 is 0. The predicted octanol–water partition coefficient (Wildman–Crippen LogP) is 3.47. The molecular weight excluding hydrogens is 456 g/mol. The van der Waals surface area contributed by atoms with Crippen molar-refractivity contribution < 1.29 is 9.90 Å². The second-order valence-electron chi connectivity index (χ2n) is 7.39. The number of H-pyrrole nitrogens is 1. The van der Waals surface area contributed by atoms with Crippen LogP contribution in [0.2, 0.25) is 5.02 Å². The number of carbonyl (C=O) groups excluding carboxylic acids is 1. The standard InChI is InChI=1S/C23H23ClN8O2/c1-13-27-21(32-31-13)17-11-26-23(28-15-8-9-16(18(24)10-15)22(34)25-2)30-20(17)29-19(12-33)14-6-4-3-5-7-14/h3-11,19,33H,12H2,1-2H3,(H,25,34)(H,27,31,32)(H2,26,28,29,30)/t19-/m1/s1. The van der Waals surface area contributed by atoms with Crippen LogP contribution in [0, 0.1) is 6.92 Å². The maximum absolute atomic E-state index is 11.9. The SMILES string of the molecule is CNC(=O)c1ccc(Nc2ncc(-c3n[nH]c(C)n3)c(N[C@H](CO)c3ccccc3)n2)cc1Cl. The normalized spacial score (nSPS) is 11.6. The molecule has 2 aromatic heterocycles. The van der Waals surface area contributed by atoms with Crippen LogP contribution in [0.25, 0.3) is 11.4 Å². The number of aromatic amines is 1. The van der Waals surface area contributed by atoms with Crippen LogP contribution in [0.1, 0.15) is 27.8 Å². The van der Waals surface area contributed by atoms with Crippen LogP contribution in [0.3, 0.4) is 0 Å². The lowest BCUT2D eigenvalue weighted by atomic mass is 10.1. The highest BCUT2D eigenvalue weighted by atomic mass is 35.5. The van der Waals surface area contributed by atoms with Gasteiger partial charge in [-0.05, 0) is 30.7 Å². The molecule has 2 aromatic carbocycles. The first kappa shape index (κ1) is 23.1. The number of hydrogen-bond acceptors (Lipinski definition) is 8. The summed E-state index contributed by atoms with van der Waals surface area (Å²) in [6.45, 7) is 1.65. The Morgan fingerprint density at radius 2 is 1.97 bits per heavy atom. The lowest BCUT2D eigenvalue weighted by Gasteiger charge is -2.19. The fourth-order valence-electron chi connectivity index (χ4n) is 3.30. The molecule has 34 heavy (non-hydrogen) atoms. The largest absolute Gasteiger partial charge is 0.394 e. The van der Waals surface area contributed by atoms with Gasteiger partial charge in [-0.3, -0.25) is 9.89 Å². The van der Waals surface area contributed by atoms with Gasteiger partial charge in [0.25, 0.3) is 5.91 Å².